The molecule has 1 amide bonds. The lowest BCUT2D eigenvalue weighted by Crippen LogP contribution is -2.43. The zero-order chi connectivity index (χ0) is 17.2. The Bertz CT molecular complexity index is 899. The van der Waals surface area contributed by atoms with Crippen LogP contribution in [-0.4, -0.2) is 23.5 Å². The second-order valence-electron chi connectivity index (χ2n) is 6.20. The molecule has 1 aliphatic rings. The van der Waals surface area contributed by atoms with Crippen molar-refractivity contribution >= 4 is 22.7 Å². The van der Waals surface area contributed by atoms with Gasteiger partial charge in [0, 0.05) is 17.3 Å². The number of nitrogens with one attached hydrogen (secondary N) is 2. The SMILES string of the molecule is O=C(Nc1ccc2nc(-c3ccc(F)cc3)oc2c1)C1CCCCN1. The molecule has 0 aliphatic carbocycles. The Balaban J connectivity index is 1.55. The average Bonchev–Trinajstić information content (AvgIpc) is 3.06. The smallest absolute Gasteiger partial charge is 0.241 e. The Kier molecular flexibility index (Phi) is 4.19. The minimum atomic E-state index is -0.304. The number of carbonyl (C=O) groups is 1. The van der Waals surface area contributed by atoms with Crippen molar-refractivity contribution < 1.29 is 13.6 Å². The van der Waals surface area contributed by atoms with Gasteiger partial charge in [-0.15, -0.1) is 0 Å². The molecule has 3 aromatic rings. The normalized spacial score (nSPS) is 17.6. The maximum Gasteiger partial charge on any atom is 0.241 e. The molecular formula is C19H18FN3O2. The number of piperidine rings is 1. The maximum absolute atomic E-state index is 13.0. The first-order valence-electron chi connectivity index (χ1n) is 8.40. The van der Waals surface area contributed by atoms with E-state index in [0.29, 0.717) is 28.2 Å². The zero-order valence-corrected chi connectivity index (χ0v) is 13.6. The van der Waals surface area contributed by atoms with E-state index in [-0.39, 0.29) is 17.8 Å². The van der Waals surface area contributed by atoms with Crippen LogP contribution < -0.4 is 10.6 Å². The van der Waals surface area contributed by atoms with Crippen LogP contribution in [0.4, 0.5) is 10.1 Å². The lowest BCUT2D eigenvalue weighted by atomic mass is 10.0. The third-order valence-electron chi connectivity index (χ3n) is 4.37. The number of hydrogen-bond donors (Lipinski definition) is 2. The number of oxazole rings is 1. The Hall–Kier alpha value is -2.73. The highest BCUT2D eigenvalue weighted by molar-refractivity contribution is 5.96. The molecule has 1 unspecified atom stereocenters. The van der Waals surface area contributed by atoms with Crippen LogP contribution in [0.15, 0.2) is 46.9 Å². The molecule has 0 saturated carbocycles. The van der Waals surface area contributed by atoms with Crippen LogP contribution in [0.2, 0.25) is 0 Å². The number of amides is 1. The summed E-state index contributed by atoms with van der Waals surface area (Å²) in [5.74, 6) is 0.0888. The van der Waals surface area contributed by atoms with Gasteiger partial charge in [-0.25, -0.2) is 9.37 Å². The van der Waals surface area contributed by atoms with Gasteiger partial charge in [-0.05, 0) is 55.8 Å². The molecule has 1 aliphatic heterocycles. The molecular weight excluding hydrogens is 321 g/mol. The summed E-state index contributed by atoms with van der Waals surface area (Å²) in [7, 11) is 0. The summed E-state index contributed by atoms with van der Waals surface area (Å²) in [6.07, 6.45) is 3.03. The van der Waals surface area contributed by atoms with E-state index in [1.54, 1.807) is 30.3 Å². The van der Waals surface area contributed by atoms with Crippen LogP contribution in [0, 0.1) is 5.82 Å². The first kappa shape index (κ1) is 15.8. The van der Waals surface area contributed by atoms with Crippen molar-refractivity contribution in [2.24, 2.45) is 0 Å². The van der Waals surface area contributed by atoms with E-state index in [0.717, 1.165) is 25.8 Å². The lowest BCUT2D eigenvalue weighted by molar-refractivity contribution is -0.118. The molecule has 6 heteroatoms. The van der Waals surface area contributed by atoms with Crippen LogP contribution in [0.3, 0.4) is 0 Å². The van der Waals surface area contributed by atoms with Gasteiger partial charge >= 0.3 is 0 Å². The highest BCUT2D eigenvalue weighted by Gasteiger charge is 2.20. The van der Waals surface area contributed by atoms with Gasteiger partial charge in [0.15, 0.2) is 5.58 Å². The van der Waals surface area contributed by atoms with Crippen molar-refractivity contribution in [2.45, 2.75) is 25.3 Å². The molecule has 5 nitrogen and oxygen atoms in total. The molecule has 0 bridgehead atoms. The molecule has 25 heavy (non-hydrogen) atoms. The minimum Gasteiger partial charge on any atom is -0.436 e. The third-order valence-corrected chi connectivity index (χ3v) is 4.37. The van der Waals surface area contributed by atoms with E-state index >= 15 is 0 Å². The number of rotatable bonds is 3. The summed E-state index contributed by atoms with van der Waals surface area (Å²) in [5.41, 5.74) is 2.64. The number of aromatic nitrogens is 1. The first-order chi connectivity index (χ1) is 12.2. The molecule has 0 radical (unpaired) electrons. The highest BCUT2D eigenvalue weighted by atomic mass is 19.1. The largest absolute Gasteiger partial charge is 0.436 e. The van der Waals surface area contributed by atoms with E-state index in [9.17, 15) is 9.18 Å². The third kappa shape index (κ3) is 3.39. The Morgan fingerprint density at radius 1 is 1.20 bits per heavy atom. The van der Waals surface area contributed by atoms with E-state index < -0.39 is 0 Å². The predicted molar refractivity (Wildman–Crippen MR) is 93.7 cm³/mol. The van der Waals surface area contributed by atoms with Crippen LogP contribution in [0.25, 0.3) is 22.6 Å². The predicted octanol–water partition coefficient (Wildman–Crippen LogP) is 3.71. The van der Waals surface area contributed by atoms with Gasteiger partial charge in [-0.3, -0.25) is 4.79 Å². The summed E-state index contributed by atoms with van der Waals surface area (Å²) in [4.78, 5) is 16.7. The van der Waals surface area contributed by atoms with E-state index in [4.69, 9.17) is 4.42 Å². The fourth-order valence-electron chi connectivity index (χ4n) is 3.02. The average molecular weight is 339 g/mol. The van der Waals surface area contributed by atoms with Crippen molar-refractivity contribution in [3.63, 3.8) is 0 Å². The highest BCUT2D eigenvalue weighted by Crippen LogP contribution is 2.26. The van der Waals surface area contributed by atoms with Gasteiger partial charge in [-0.2, -0.15) is 0 Å². The van der Waals surface area contributed by atoms with Crippen LogP contribution >= 0.6 is 0 Å². The zero-order valence-electron chi connectivity index (χ0n) is 13.6. The number of halogens is 1. The van der Waals surface area contributed by atoms with Gasteiger partial charge in [0.1, 0.15) is 11.3 Å². The Morgan fingerprint density at radius 2 is 2.04 bits per heavy atom. The topological polar surface area (TPSA) is 67.2 Å². The molecule has 1 aromatic heterocycles. The van der Waals surface area contributed by atoms with Crippen molar-refractivity contribution in [1.82, 2.24) is 10.3 Å². The minimum absolute atomic E-state index is 0.0303. The second kappa shape index (κ2) is 6.64. The van der Waals surface area contributed by atoms with Crippen molar-refractivity contribution in [2.75, 3.05) is 11.9 Å². The van der Waals surface area contributed by atoms with Gasteiger partial charge in [-0.1, -0.05) is 6.42 Å². The fourth-order valence-corrected chi connectivity index (χ4v) is 3.02. The number of benzene rings is 2. The van der Waals surface area contributed by atoms with Crippen LogP contribution in [0.5, 0.6) is 0 Å². The van der Waals surface area contributed by atoms with Crippen LogP contribution in [0.1, 0.15) is 19.3 Å². The summed E-state index contributed by atoms with van der Waals surface area (Å²) in [5, 5.41) is 6.15. The second-order valence-corrected chi connectivity index (χ2v) is 6.20. The van der Waals surface area contributed by atoms with Gasteiger partial charge in [0.25, 0.3) is 0 Å². The number of hydrogen-bond acceptors (Lipinski definition) is 4. The molecule has 0 spiro atoms. The monoisotopic (exact) mass is 339 g/mol. The molecule has 1 atom stereocenters. The van der Waals surface area contributed by atoms with Gasteiger partial charge < -0.3 is 15.1 Å². The van der Waals surface area contributed by atoms with Gasteiger partial charge in [0.2, 0.25) is 11.8 Å². The number of carbonyl (C=O) groups excluding carboxylic acids is 1. The Labute approximate surface area is 144 Å². The summed E-state index contributed by atoms with van der Waals surface area (Å²) in [6, 6.07) is 11.2. The number of nitrogens with zero attached hydrogens (tertiary/aromatic N) is 1. The van der Waals surface area contributed by atoms with Crippen molar-refractivity contribution in [3.8, 4) is 11.5 Å². The first-order valence-corrected chi connectivity index (χ1v) is 8.40. The molecule has 1 fully saturated rings. The molecule has 2 N–H and O–H groups in total. The summed E-state index contributed by atoms with van der Waals surface area (Å²) in [6.45, 7) is 0.875. The van der Waals surface area contributed by atoms with Gasteiger partial charge in [0.05, 0.1) is 6.04 Å². The fraction of sp³-hybridized carbons (Fsp3) is 0.263. The molecule has 2 heterocycles. The van der Waals surface area contributed by atoms with E-state index in [2.05, 4.69) is 15.6 Å². The lowest BCUT2D eigenvalue weighted by Gasteiger charge is -2.22. The van der Waals surface area contributed by atoms with E-state index in [1.165, 1.54) is 12.1 Å². The molecule has 4 rings (SSSR count). The van der Waals surface area contributed by atoms with E-state index in [1.807, 2.05) is 0 Å². The molecule has 128 valence electrons. The van der Waals surface area contributed by atoms with Crippen LogP contribution in [-0.2, 0) is 4.79 Å². The quantitative estimate of drug-likeness (QED) is 0.763. The summed E-state index contributed by atoms with van der Waals surface area (Å²) < 4.78 is 18.8. The maximum atomic E-state index is 13.0. The molecule has 2 aromatic carbocycles. The van der Waals surface area contributed by atoms with Crippen molar-refractivity contribution in [3.05, 3.63) is 48.3 Å². The standard InChI is InChI=1S/C19H18FN3O2/c20-13-6-4-12(5-7-13)19-23-15-9-8-14(11-17(15)25-19)22-18(24)16-3-1-2-10-21-16/h4-9,11,16,21H,1-3,10H2,(H,22,24). The van der Waals surface area contributed by atoms with Crippen molar-refractivity contribution in [1.29, 1.82) is 0 Å². The number of anilines is 1. The summed E-state index contributed by atoms with van der Waals surface area (Å²) >= 11 is 0. The Morgan fingerprint density at radius 3 is 2.80 bits per heavy atom. The number of fused-ring (bicyclic) bond motifs is 1. The molecule has 1 saturated heterocycles.